The summed E-state index contributed by atoms with van der Waals surface area (Å²) < 4.78 is 5.75. The molecule has 2 N–H and O–H groups in total. The summed E-state index contributed by atoms with van der Waals surface area (Å²) in [4.78, 5) is 13.5. The van der Waals surface area contributed by atoms with Gasteiger partial charge in [0.05, 0.1) is 5.56 Å². The number of carbonyl (C=O) groups excluding carboxylic acids is 1. The molecule has 0 spiro atoms. The van der Waals surface area contributed by atoms with Crippen LogP contribution in [0.3, 0.4) is 0 Å². The first-order valence-electron chi connectivity index (χ1n) is 10.2. The number of amides is 1. The van der Waals surface area contributed by atoms with Crippen molar-refractivity contribution in [3.05, 3.63) is 68.2 Å². The lowest BCUT2D eigenvalue weighted by molar-refractivity contribution is -0.115. The van der Waals surface area contributed by atoms with Gasteiger partial charge >= 0.3 is 0 Å². The molecular formula is C24H19Cl2N3O2S2. The molecular weight excluding hydrogens is 497 g/mol. The third-order valence-electron chi connectivity index (χ3n) is 5.26. The number of carbonyl (C=O) groups is 1. The van der Waals surface area contributed by atoms with E-state index in [1.165, 1.54) is 22.3 Å². The zero-order valence-electron chi connectivity index (χ0n) is 17.6. The van der Waals surface area contributed by atoms with Gasteiger partial charge in [0.2, 0.25) is 5.91 Å². The minimum atomic E-state index is -0.412. The molecule has 0 radical (unpaired) electrons. The highest BCUT2D eigenvalue weighted by Crippen LogP contribution is 2.39. The van der Waals surface area contributed by atoms with E-state index in [9.17, 15) is 10.1 Å². The molecule has 1 amide bonds. The first kappa shape index (κ1) is 23.5. The molecule has 0 saturated heterocycles. The van der Waals surface area contributed by atoms with Gasteiger partial charge in [-0.3, -0.25) is 10.1 Å². The zero-order valence-corrected chi connectivity index (χ0v) is 20.7. The summed E-state index contributed by atoms with van der Waals surface area (Å²) in [6.07, 6.45) is 5.80. The van der Waals surface area contributed by atoms with Gasteiger partial charge in [-0.15, -0.1) is 11.3 Å². The van der Waals surface area contributed by atoms with E-state index in [1.54, 1.807) is 36.4 Å². The number of furan rings is 1. The number of thiocarbonyl (C=S) groups is 1. The van der Waals surface area contributed by atoms with Gasteiger partial charge in [-0.05, 0) is 79.4 Å². The van der Waals surface area contributed by atoms with Gasteiger partial charge in [0.25, 0.3) is 0 Å². The van der Waals surface area contributed by atoms with Crippen LogP contribution >= 0.6 is 46.8 Å². The van der Waals surface area contributed by atoms with Crippen molar-refractivity contribution in [2.45, 2.75) is 26.2 Å². The molecule has 1 aliphatic carbocycles. The van der Waals surface area contributed by atoms with Crippen molar-refractivity contribution in [2.75, 3.05) is 5.32 Å². The number of nitriles is 1. The number of nitrogens with one attached hydrogen (secondary N) is 2. The van der Waals surface area contributed by atoms with E-state index < -0.39 is 5.91 Å². The van der Waals surface area contributed by atoms with Crippen LogP contribution in [0.1, 0.15) is 35.1 Å². The lowest BCUT2D eigenvalue weighted by Gasteiger charge is -2.17. The summed E-state index contributed by atoms with van der Waals surface area (Å²) in [5.74, 6) is 1.26. The van der Waals surface area contributed by atoms with Crippen molar-refractivity contribution < 1.29 is 9.21 Å². The van der Waals surface area contributed by atoms with Gasteiger partial charge in [0, 0.05) is 26.6 Å². The second-order valence-electron chi connectivity index (χ2n) is 7.80. The maximum atomic E-state index is 12.3. The van der Waals surface area contributed by atoms with E-state index in [0.29, 0.717) is 38.0 Å². The summed E-state index contributed by atoms with van der Waals surface area (Å²) in [5, 5.41) is 17.1. The van der Waals surface area contributed by atoms with E-state index in [4.69, 9.17) is 39.8 Å². The van der Waals surface area contributed by atoms with E-state index in [2.05, 4.69) is 23.6 Å². The van der Waals surface area contributed by atoms with Crippen molar-refractivity contribution in [1.82, 2.24) is 5.32 Å². The van der Waals surface area contributed by atoms with Gasteiger partial charge < -0.3 is 9.73 Å². The highest BCUT2D eigenvalue weighted by Gasteiger charge is 2.24. The highest BCUT2D eigenvalue weighted by molar-refractivity contribution is 7.80. The molecule has 4 rings (SSSR count). The molecule has 9 heteroatoms. The Balaban J connectivity index is 1.38. The number of hydrogen-bond acceptors (Lipinski definition) is 5. The molecule has 0 unspecified atom stereocenters. The van der Waals surface area contributed by atoms with Crippen LogP contribution in [0.2, 0.25) is 10.0 Å². The summed E-state index contributed by atoms with van der Waals surface area (Å²) in [7, 11) is 0. The molecule has 0 aliphatic heterocycles. The quantitative estimate of drug-likeness (QED) is 0.293. The van der Waals surface area contributed by atoms with Crippen LogP contribution in [0.25, 0.3) is 17.4 Å². The fourth-order valence-electron chi connectivity index (χ4n) is 3.70. The summed E-state index contributed by atoms with van der Waals surface area (Å²) in [5.41, 5.74) is 2.47. The molecule has 2 heterocycles. The Hall–Kier alpha value is -2.63. The molecule has 0 fully saturated rings. The Morgan fingerprint density at radius 2 is 2.06 bits per heavy atom. The normalized spacial score (nSPS) is 15.2. The maximum Gasteiger partial charge on any atom is 0.250 e. The van der Waals surface area contributed by atoms with Crippen LogP contribution in [0.4, 0.5) is 5.00 Å². The topological polar surface area (TPSA) is 78.1 Å². The Bertz CT molecular complexity index is 1280. The average Bonchev–Trinajstić information content (AvgIpc) is 3.35. The fourth-order valence-corrected chi connectivity index (χ4v) is 5.86. The molecule has 1 aliphatic rings. The summed E-state index contributed by atoms with van der Waals surface area (Å²) >= 11 is 18.9. The van der Waals surface area contributed by atoms with Gasteiger partial charge in [0.15, 0.2) is 5.11 Å². The number of thiophene rings is 1. The first-order valence-corrected chi connectivity index (χ1v) is 12.2. The van der Waals surface area contributed by atoms with Crippen LogP contribution in [-0.4, -0.2) is 11.0 Å². The standard InChI is InChI=1S/C24H19Cl2N3O2S2/c1-13-2-5-18-19(12-27)23(33-21(18)8-13)29-24(32)28-22(30)7-4-17-3-6-20(31-17)14-9-15(25)11-16(26)10-14/h3-4,6-7,9-11,13H,2,5,8H2,1H3,(H2,28,29,30,32)/b7-4+/t13-/m0/s1. The third kappa shape index (κ3) is 5.66. The molecule has 1 atom stereocenters. The van der Waals surface area contributed by atoms with E-state index in [1.807, 2.05) is 0 Å². The van der Waals surface area contributed by atoms with Gasteiger partial charge in [-0.25, -0.2) is 0 Å². The molecule has 2 aromatic heterocycles. The lowest BCUT2D eigenvalue weighted by atomic mass is 9.89. The SMILES string of the molecule is C[C@H]1CCc2c(sc(NC(=S)NC(=O)/C=C/c3ccc(-c4cc(Cl)cc(Cl)c4)o3)c2C#N)C1. The predicted octanol–water partition coefficient (Wildman–Crippen LogP) is 6.84. The Kier molecular flexibility index (Phi) is 7.20. The fraction of sp³-hybridized carbons (Fsp3) is 0.208. The largest absolute Gasteiger partial charge is 0.457 e. The van der Waals surface area contributed by atoms with Crippen molar-refractivity contribution in [2.24, 2.45) is 5.92 Å². The molecule has 0 bridgehead atoms. The monoisotopic (exact) mass is 515 g/mol. The van der Waals surface area contributed by atoms with Crippen LogP contribution < -0.4 is 10.6 Å². The minimum absolute atomic E-state index is 0.140. The van der Waals surface area contributed by atoms with Crippen molar-refractivity contribution in [1.29, 1.82) is 5.26 Å². The summed E-state index contributed by atoms with van der Waals surface area (Å²) in [6, 6.07) is 10.9. The molecule has 168 valence electrons. The van der Waals surface area contributed by atoms with Crippen LogP contribution in [-0.2, 0) is 17.6 Å². The second-order valence-corrected chi connectivity index (χ2v) is 10.2. The Morgan fingerprint density at radius 3 is 2.79 bits per heavy atom. The van der Waals surface area contributed by atoms with Crippen molar-refractivity contribution in [3.63, 3.8) is 0 Å². The van der Waals surface area contributed by atoms with Crippen LogP contribution in [0.15, 0.2) is 40.8 Å². The average molecular weight is 516 g/mol. The van der Waals surface area contributed by atoms with E-state index in [-0.39, 0.29) is 5.11 Å². The van der Waals surface area contributed by atoms with Crippen LogP contribution in [0.5, 0.6) is 0 Å². The van der Waals surface area contributed by atoms with Gasteiger partial charge in [0.1, 0.15) is 22.6 Å². The molecule has 0 saturated carbocycles. The summed E-state index contributed by atoms with van der Waals surface area (Å²) in [6.45, 7) is 2.21. The molecule has 5 nitrogen and oxygen atoms in total. The number of nitrogens with zero attached hydrogens (tertiary/aromatic N) is 1. The first-order chi connectivity index (χ1) is 15.8. The lowest BCUT2D eigenvalue weighted by Crippen LogP contribution is -2.32. The Labute approximate surface area is 211 Å². The second kappa shape index (κ2) is 10.1. The number of fused-ring (bicyclic) bond motifs is 1. The number of anilines is 1. The van der Waals surface area contributed by atoms with E-state index >= 15 is 0 Å². The number of benzene rings is 1. The van der Waals surface area contributed by atoms with Crippen LogP contribution in [0, 0.1) is 17.2 Å². The maximum absolute atomic E-state index is 12.3. The van der Waals surface area contributed by atoms with Gasteiger partial charge in [-0.2, -0.15) is 5.26 Å². The number of hydrogen-bond donors (Lipinski definition) is 2. The van der Waals surface area contributed by atoms with E-state index in [0.717, 1.165) is 30.4 Å². The minimum Gasteiger partial charge on any atom is -0.457 e. The Morgan fingerprint density at radius 1 is 1.30 bits per heavy atom. The number of rotatable bonds is 4. The highest BCUT2D eigenvalue weighted by atomic mass is 35.5. The predicted molar refractivity (Wildman–Crippen MR) is 138 cm³/mol. The van der Waals surface area contributed by atoms with Crippen molar-refractivity contribution >= 4 is 68.9 Å². The molecule has 3 aromatic rings. The molecule has 1 aromatic carbocycles. The molecule has 33 heavy (non-hydrogen) atoms. The smallest absolute Gasteiger partial charge is 0.250 e. The van der Waals surface area contributed by atoms with Crippen molar-refractivity contribution in [3.8, 4) is 17.4 Å². The zero-order chi connectivity index (χ0) is 23.5. The third-order valence-corrected chi connectivity index (χ3v) is 7.07. The van der Waals surface area contributed by atoms with Gasteiger partial charge in [-0.1, -0.05) is 30.1 Å². The number of halogens is 2.